The first-order valence-corrected chi connectivity index (χ1v) is 12.3. The quantitative estimate of drug-likeness (QED) is 0.417. The number of methoxy groups -OCH3 is 1. The van der Waals surface area contributed by atoms with E-state index in [1.165, 1.54) is 17.7 Å². The van der Waals surface area contributed by atoms with Crippen molar-refractivity contribution in [2.24, 2.45) is 0 Å². The van der Waals surface area contributed by atoms with E-state index in [1.54, 1.807) is 33.0 Å². The summed E-state index contributed by atoms with van der Waals surface area (Å²) in [6, 6.07) is 20.5. The van der Waals surface area contributed by atoms with Gasteiger partial charge in [-0.15, -0.1) is 0 Å². The van der Waals surface area contributed by atoms with Gasteiger partial charge in [-0.2, -0.15) is 0 Å². The molecular formula is C29H33N3O6. The summed E-state index contributed by atoms with van der Waals surface area (Å²) in [5.74, 6) is -1.43. The molecule has 0 saturated carbocycles. The molecule has 3 aromatic rings. The Morgan fingerprint density at radius 3 is 2.00 bits per heavy atom. The topological polar surface area (TPSA) is 116 Å². The van der Waals surface area contributed by atoms with Crippen LogP contribution in [0.2, 0.25) is 0 Å². The summed E-state index contributed by atoms with van der Waals surface area (Å²) in [6.45, 7) is 5.24. The fourth-order valence-electron chi connectivity index (χ4n) is 3.93. The molecule has 200 valence electrons. The van der Waals surface area contributed by atoms with E-state index < -0.39 is 41.2 Å². The number of aromatic nitrogens is 1. The number of rotatable bonds is 9. The number of hydrogen-bond acceptors (Lipinski definition) is 6. The predicted molar refractivity (Wildman–Crippen MR) is 143 cm³/mol. The van der Waals surface area contributed by atoms with Crippen molar-refractivity contribution in [1.29, 1.82) is 0 Å². The number of amides is 2. The monoisotopic (exact) mass is 519 g/mol. The zero-order valence-corrected chi connectivity index (χ0v) is 22.0. The predicted octanol–water partition coefficient (Wildman–Crippen LogP) is 3.67. The van der Waals surface area contributed by atoms with Gasteiger partial charge < -0.3 is 24.7 Å². The first kappa shape index (κ1) is 28.2. The maximum atomic E-state index is 13.6. The average Bonchev–Trinajstić information content (AvgIpc) is 2.89. The molecule has 0 spiro atoms. The third-order valence-corrected chi connectivity index (χ3v) is 5.62. The molecule has 0 aliphatic carbocycles. The van der Waals surface area contributed by atoms with Gasteiger partial charge in [0, 0.05) is 12.7 Å². The maximum Gasteiger partial charge on any atom is 0.407 e. The van der Waals surface area contributed by atoms with Gasteiger partial charge in [0.15, 0.2) is 0 Å². The normalized spacial score (nSPS) is 11.9. The lowest BCUT2D eigenvalue weighted by Crippen LogP contribution is -2.46. The van der Waals surface area contributed by atoms with Crippen LogP contribution in [-0.4, -0.2) is 47.8 Å². The number of alkyl carbamates (subject to hydrolysis) is 1. The number of esters is 1. The molecule has 0 radical (unpaired) electrons. The van der Waals surface area contributed by atoms with Gasteiger partial charge in [-0.05, 0) is 50.5 Å². The largest absolute Gasteiger partial charge is 0.467 e. The van der Waals surface area contributed by atoms with Gasteiger partial charge >= 0.3 is 12.1 Å². The third-order valence-electron chi connectivity index (χ3n) is 5.62. The van der Waals surface area contributed by atoms with Crippen LogP contribution in [0.4, 0.5) is 4.79 Å². The fraction of sp³-hybridized carbons (Fsp3) is 0.310. The maximum absolute atomic E-state index is 13.6. The van der Waals surface area contributed by atoms with Crippen LogP contribution in [-0.2, 0) is 14.3 Å². The second-order valence-corrected chi connectivity index (χ2v) is 9.62. The number of nitrogens with one attached hydrogen (secondary N) is 2. The van der Waals surface area contributed by atoms with E-state index in [0.717, 1.165) is 11.1 Å². The van der Waals surface area contributed by atoms with E-state index in [2.05, 4.69) is 10.6 Å². The Hall–Kier alpha value is -4.40. The van der Waals surface area contributed by atoms with Gasteiger partial charge in [0.25, 0.3) is 11.5 Å². The molecule has 1 atom stereocenters. The average molecular weight is 520 g/mol. The molecule has 0 fully saturated rings. The van der Waals surface area contributed by atoms with Gasteiger partial charge in [-0.1, -0.05) is 60.7 Å². The minimum Gasteiger partial charge on any atom is -0.467 e. The molecule has 1 aromatic heterocycles. The summed E-state index contributed by atoms with van der Waals surface area (Å²) in [5, 5.41) is 5.12. The van der Waals surface area contributed by atoms with Crippen LogP contribution in [0.5, 0.6) is 0 Å². The molecule has 9 heteroatoms. The van der Waals surface area contributed by atoms with Crippen molar-refractivity contribution < 1.29 is 23.9 Å². The van der Waals surface area contributed by atoms with E-state index in [1.807, 2.05) is 60.7 Å². The van der Waals surface area contributed by atoms with E-state index in [0.29, 0.717) is 0 Å². The summed E-state index contributed by atoms with van der Waals surface area (Å²) >= 11 is 0. The summed E-state index contributed by atoms with van der Waals surface area (Å²) < 4.78 is 11.5. The molecule has 3 rings (SSSR count). The van der Waals surface area contributed by atoms with E-state index in [9.17, 15) is 19.2 Å². The number of carbonyl (C=O) groups excluding carboxylic acids is 3. The zero-order valence-electron chi connectivity index (χ0n) is 22.0. The molecule has 2 N–H and O–H groups in total. The molecule has 0 aliphatic rings. The number of carbonyl (C=O) groups is 3. The van der Waals surface area contributed by atoms with Crippen molar-refractivity contribution in [2.45, 2.75) is 44.9 Å². The summed E-state index contributed by atoms with van der Waals surface area (Å²) in [6.07, 6.45) is 1.02. The lowest BCUT2D eigenvalue weighted by atomic mass is 9.98. The molecule has 0 bridgehead atoms. The summed E-state index contributed by atoms with van der Waals surface area (Å²) in [7, 11) is 1.20. The number of nitrogens with zero attached hydrogens (tertiary/aromatic N) is 1. The van der Waals surface area contributed by atoms with Crippen molar-refractivity contribution in [3.8, 4) is 0 Å². The number of hydrogen-bond donors (Lipinski definition) is 2. The molecule has 38 heavy (non-hydrogen) atoms. The summed E-state index contributed by atoms with van der Waals surface area (Å²) in [4.78, 5) is 51.0. The van der Waals surface area contributed by atoms with Crippen molar-refractivity contribution in [3.63, 3.8) is 0 Å². The molecule has 2 aromatic carbocycles. The molecule has 0 saturated heterocycles. The van der Waals surface area contributed by atoms with Gasteiger partial charge in [0.05, 0.1) is 13.2 Å². The van der Waals surface area contributed by atoms with Crippen molar-refractivity contribution in [1.82, 2.24) is 15.2 Å². The van der Waals surface area contributed by atoms with Crippen LogP contribution in [0.1, 0.15) is 54.7 Å². The van der Waals surface area contributed by atoms with Crippen LogP contribution in [0.15, 0.2) is 83.8 Å². The second kappa shape index (κ2) is 12.7. The highest BCUT2D eigenvalue weighted by Crippen LogP contribution is 2.25. The molecule has 0 unspecified atom stereocenters. The second-order valence-electron chi connectivity index (χ2n) is 9.62. The number of ether oxygens (including phenoxy) is 2. The SMILES string of the molecule is COC(=O)[C@H](CCNC(=O)OC(C)(C)C)NC(=O)c1cccn(C(c2ccccc2)c2ccccc2)c1=O. The molecular weight excluding hydrogens is 486 g/mol. The molecule has 9 nitrogen and oxygen atoms in total. The minimum atomic E-state index is -1.09. The highest BCUT2D eigenvalue weighted by Gasteiger charge is 2.26. The van der Waals surface area contributed by atoms with Crippen molar-refractivity contribution in [2.75, 3.05) is 13.7 Å². The van der Waals surface area contributed by atoms with E-state index in [4.69, 9.17) is 9.47 Å². The van der Waals surface area contributed by atoms with Gasteiger partial charge in [0.1, 0.15) is 17.2 Å². The lowest BCUT2D eigenvalue weighted by molar-refractivity contribution is -0.143. The highest BCUT2D eigenvalue weighted by molar-refractivity contribution is 5.96. The van der Waals surface area contributed by atoms with Crippen LogP contribution in [0, 0.1) is 0 Å². The summed E-state index contributed by atoms with van der Waals surface area (Å²) in [5.41, 5.74) is 0.430. The van der Waals surface area contributed by atoms with Crippen LogP contribution in [0.25, 0.3) is 0 Å². The van der Waals surface area contributed by atoms with Crippen molar-refractivity contribution >= 4 is 18.0 Å². The van der Waals surface area contributed by atoms with Crippen LogP contribution in [0.3, 0.4) is 0 Å². The zero-order chi connectivity index (χ0) is 27.7. The van der Waals surface area contributed by atoms with Crippen LogP contribution < -0.4 is 16.2 Å². The molecule has 1 heterocycles. The van der Waals surface area contributed by atoms with Crippen LogP contribution >= 0.6 is 0 Å². The molecule has 0 aliphatic heterocycles. The molecule has 2 amide bonds. The first-order valence-electron chi connectivity index (χ1n) is 12.3. The van der Waals surface area contributed by atoms with E-state index in [-0.39, 0.29) is 18.5 Å². The van der Waals surface area contributed by atoms with E-state index >= 15 is 0 Å². The lowest BCUT2D eigenvalue weighted by Gasteiger charge is -2.22. The van der Waals surface area contributed by atoms with Gasteiger partial charge in [-0.25, -0.2) is 9.59 Å². The fourth-order valence-corrected chi connectivity index (χ4v) is 3.93. The Labute approximate surface area is 221 Å². The Balaban J connectivity index is 1.84. The Morgan fingerprint density at radius 2 is 1.47 bits per heavy atom. The number of benzene rings is 2. The smallest absolute Gasteiger partial charge is 0.407 e. The standard InChI is InChI=1S/C29H33N3O6/c1-29(2,3)38-28(36)30-18-17-23(27(35)37-4)31-25(33)22-16-11-19-32(26(22)34)24(20-12-7-5-8-13-20)21-14-9-6-10-15-21/h5-16,19,23-24H,17-18H2,1-4H3,(H,30,36)(H,31,33)/t23-/m0/s1. The third kappa shape index (κ3) is 7.55. The van der Waals surface area contributed by atoms with Crippen molar-refractivity contribution in [3.05, 3.63) is 106 Å². The first-order chi connectivity index (χ1) is 18.1. The Kier molecular flexibility index (Phi) is 9.43. The van der Waals surface area contributed by atoms with Gasteiger partial charge in [-0.3, -0.25) is 9.59 Å². The Morgan fingerprint density at radius 1 is 0.895 bits per heavy atom. The Bertz CT molecular complexity index is 1260. The highest BCUT2D eigenvalue weighted by atomic mass is 16.6. The number of pyridine rings is 1. The van der Waals surface area contributed by atoms with Gasteiger partial charge in [0.2, 0.25) is 0 Å². The minimum absolute atomic E-state index is 0.0370.